The van der Waals surface area contributed by atoms with Gasteiger partial charge in [0.05, 0.1) is 77.4 Å². The van der Waals surface area contributed by atoms with Crippen molar-refractivity contribution in [2.75, 3.05) is 80.9 Å². The first-order chi connectivity index (χ1) is 35.8. The highest BCUT2D eigenvalue weighted by Gasteiger charge is 2.51. The summed E-state index contributed by atoms with van der Waals surface area (Å²) in [4.78, 5) is 43.1. The maximum absolute atomic E-state index is 16.3. The third kappa shape index (κ3) is 7.97. The molecule has 2 aromatic heterocycles. The van der Waals surface area contributed by atoms with Crippen LogP contribution in [0, 0.1) is 22.5 Å². The van der Waals surface area contributed by atoms with E-state index in [-0.39, 0.29) is 75.2 Å². The number of hydrogen-bond donors (Lipinski definition) is 3. The number of carbonyl (C=O) groups is 1. The zero-order valence-electron chi connectivity index (χ0n) is 41.7. The highest BCUT2D eigenvalue weighted by Crippen LogP contribution is 2.56. The second-order valence-electron chi connectivity index (χ2n) is 21.9. The minimum atomic E-state index is -4.80. The molecule has 5 saturated heterocycles. The van der Waals surface area contributed by atoms with Crippen molar-refractivity contribution in [2.24, 2.45) is 11.1 Å². The summed E-state index contributed by atoms with van der Waals surface area (Å²) in [6.45, 7) is 9.45. The molecule has 13 rings (SSSR count). The number of carbonyl (C=O) groups excluding carboxylic acids is 1. The number of aromatic amines is 1. The Balaban J connectivity index is 0.892. The van der Waals surface area contributed by atoms with Gasteiger partial charge in [-0.15, -0.1) is 0 Å². The largest absolute Gasteiger partial charge is 0.489 e. The molecule has 0 unspecified atom stereocenters. The van der Waals surface area contributed by atoms with Crippen LogP contribution in [0.15, 0.2) is 76.7 Å². The Morgan fingerprint density at radius 2 is 1.74 bits per heavy atom. The van der Waals surface area contributed by atoms with E-state index in [0.29, 0.717) is 81.6 Å². The number of fused-ring (bicyclic) bond motifs is 4. The summed E-state index contributed by atoms with van der Waals surface area (Å²) in [5.74, 6) is -0.576. The van der Waals surface area contributed by atoms with E-state index in [2.05, 4.69) is 63.1 Å². The summed E-state index contributed by atoms with van der Waals surface area (Å²) in [5, 5.41) is 17.3. The maximum atomic E-state index is 16.3. The molecule has 0 radical (unpaired) electrons. The lowest BCUT2D eigenvalue weighted by Crippen LogP contribution is -2.62. The van der Waals surface area contributed by atoms with Crippen molar-refractivity contribution in [1.82, 2.24) is 19.8 Å². The first kappa shape index (κ1) is 47.7. The third-order valence-corrected chi connectivity index (χ3v) is 19.5. The lowest BCUT2D eigenvalue weighted by atomic mass is 9.59. The number of likely N-dealkylation sites (tertiary alicyclic amines) is 1. The quantitative estimate of drug-likeness (QED) is 0.0985. The van der Waals surface area contributed by atoms with Gasteiger partial charge in [0.2, 0.25) is 15.7 Å². The lowest BCUT2D eigenvalue weighted by molar-refractivity contribution is -0.384. The number of nitro groups is 1. The Morgan fingerprint density at radius 3 is 2.51 bits per heavy atom. The number of anilines is 4. The number of pyridine rings is 1. The number of hydrogen-bond acceptors (Lipinski definition) is 16. The van der Waals surface area contributed by atoms with Crippen molar-refractivity contribution in [3.8, 4) is 11.6 Å². The molecule has 390 valence electrons. The molecule has 19 nitrogen and oxygen atoms in total. The molecule has 1 aliphatic carbocycles. The van der Waals surface area contributed by atoms with Crippen molar-refractivity contribution >= 4 is 55.2 Å². The molecule has 1 amide bonds. The van der Waals surface area contributed by atoms with Crippen LogP contribution in [0.5, 0.6) is 11.6 Å². The zero-order valence-corrected chi connectivity index (χ0v) is 42.6. The van der Waals surface area contributed by atoms with Crippen LogP contribution in [-0.2, 0) is 24.0 Å². The second-order valence-corrected chi connectivity index (χ2v) is 23.8. The highest BCUT2D eigenvalue weighted by molar-refractivity contribution is 7.91. The van der Waals surface area contributed by atoms with E-state index in [9.17, 15) is 14.9 Å². The number of aryl methyl sites for hydroxylation is 1. The predicted molar refractivity (Wildman–Crippen MR) is 276 cm³/mol. The number of nitro benzene ring substituents is 1. The van der Waals surface area contributed by atoms with Crippen molar-refractivity contribution in [3.63, 3.8) is 0 Å². The van der Waals surface area contributed by atoms with E-state index in [1.54, 1.807) is 18.3 Å². The van der Waals surface area contributed by atoms with Gasteiger partial charge in [-0.25, -0.2) is 8.42 Å². The minimum absolute atomic E-state index is 0.0266. The first-order valence-corrected chi connectivity index (χ1v) is 27.8. The molecule has 6 fully saturated rings. The summed E-state index contributed by atoms with van der Waals surface area (Å²) >= 11 is 0. The van der Waals surface area contributed by atoms with Gasteiger partial charge in [0, 0.05) is 68.1 Å². The number of amides is 1. The molecule has 1 saturated carbocycles. The summed E-state index contributed by atoms with van der Waals surface area (Å²) in [5.41, 5.74) is 10.2. The molecular weight excluding hydrogens is 967 g/mol. The number of rotatable bonds is 10. The molecule has 4 N–H and O–H groups in total. The standard InChI is InChI=1S/C54H63N9O10S/c1-31-6-3-4-7-37(31)40-8-5-16-60(40)34-23-54(24-34)13-17-59(18-14-54)42-10-9-38(51(55)64)49(62-41-12-19-69-30-47(41)73-53-44(62)20-33-11-15-56-52(33)58-53)50(42)74(67,68)36-21-43(63(65)66)48-45(22-36)72-29-39(57-48)46-25-61(32(2)26-71-46)35-27-70-28-35/h3-4,6-7,9-11,15,20-22,32,34-35,39-41,46-47,57H,5,8,12-14,16-19,23-30H2,1-2H3,(H2,55,64)(H,56,58)/t32-,39+,40+,41-,46-,47+/m1/s1. The van der Waals surface area contributed by atoms with Crippen LogP contribution in [0.4, 0.5) is 28.4 Å². The van der Waals surface area contributed by atoms with Crippen molar-refractivity contribution < 1.29 is 41.8 Å². The molecule has 8 aliphatic rings. The Hall–Kier alpha value is -6.03. The Morgan fingerprint density at radius 1 is 0.919 bits per heavy atom. The lowest BCUT2D eigenvalue weighted by Gasteiger charge is -2.56. The van der Waals surface area contributed by atoms with Gasteiger partial charge in [-0.1, -0.05) is 24.3 Å². The molecule has 5 aromatic rings. The van der Waals surface area contributed by atoms with Crippen LogP contribution in [0.3, 0.4) is 0 Å². The number of aromatic nitrogens is 2. The Labute approximate surface area is 429 Å². The molecular formula is C54H63N9O10S. The van der Waals surface area contributed by atoms with Gasteiger partial charge < -0.3 is 49.5 Å². The van der Waals surface area contributed by atoms with Crippen molar-refractivity contribution in [2.45, 2.75) is 117 Å². The molecule has 6 atom stereocenters. The van der Waals surface area contributed by atoms with E-state index < -0.39 is 44.5 Å². The SMILES string of the molecule is Cc1ccccc1[C@@H]1CCCN1C1CC2(CCN(c3ccc(C(N)=O)c(N4c5cc6cc[nH]c6nc5O[C@H]5COCC[C@H]54)c3S(=O)(=O)c3cc4c(c([N+](=O)[O-])c3)N[C@H]([C@H]3CN(C5COC5)[C@H](C)CO3)CO4)CC2)C1. The highest BCUT2D eigenvalue weighted by atomic mass is 32.2. The fraction of sp³-hybridized carbons (Fsp3) is 0.519. The molecule has 7 aliphatic heterocycles. The summed E-state index contributed by atoms with van der Waals surface area (Å²) in [6.07, 6.45) is 7.39. The summed E-state index contributed by atoms with van der Waals surface area (Å²) in [6, 6.07) is 18.6. The van der Waals surface area contributed by atoms with Crippen LogP contribution < -0.4 is 30.3 Å². The van der Waals surface area contributed by atoms with Crippen LogP contribution >= 0.6 is 0 Å². The van der Waals surface area contributed by atoms with E-state index in [1.165, 1.54) is 23.6 Å². The topological polar surface area (TPSA) is 220 Å². The van der Waals surface area contributed by atoms with Gasteiger partial charge in [0.15, 0.2) is 11.4 Å². The first-order valence-electron chi connectivity index (χ1n) is 26.3. The number of H-pyrrole nitrogens is 1. The maximum Gasteiger partial charge on any atom is 0.297 e. The molecule has 9 heterocycles. The number of primary amides is 1. The average Bonchev–Trinajstić information content (AvgIpc) is 4.06. The van der Waals surface area contributed by atoms with E-state index in [1.807, 2.05) is 17.0 Å². The monoisotopic (exact) mass is 1030 g/mol. The number of sulfone groups is 1. The summed E-state index contributed by atoms with van der Waals surface area (Å²) < 4.78 is 63.1. The van der Waals surface area contributed by atoms with Crippen LogP contribution in [0.25, 0.3) is 11.0 Å². The number of nitrogens with zero attached hydrogens (tertiary/aromatic N) is 6. The average molecular weight is 1030 g/mol. The molecule has 20 heteroatoms. The second kappa shape index (κ2) is 18.4. The van der Waals surface area contributed by atoms with Crippen LogP contribution in [-0.4, -0.2) is 147 Å². The van der Waals surface area contributed by atoms with Crippen molar-refractivity contribution in [1.29, 1.82) is 0 Å². The van der Waals surface area contributed by atoms with Crippen LogP contribution in [0.1, 0.15) is 79.4 Å². The normalized spacial score (nSPS) is 27.3. The van der Waals surface area contributed by atoms with Gasteiger partial charge in [0.25, 0.3) is 11.6 Å². The zero-order chi connectivity index (χ0) is 50.6. The minimum Gasteiger partial charge on any atom is -0.489 e. The summed E-state index contributed by atoms with van der Waals surface area (Å²) in [7, 11) is -4.80. The van der Waals surface area contributed by atoms with E-state index in [0.717, 1.165) is 50.1 Å². The number of morpholine rings is 1. The Bertz CT molecular complexity index is 3150. The number of benzene rings is 3. The fourth-order valence-corrected chi connectivity index (χ4v) is 15.3. The number of nitrogens with one attached hydrogen (secondary N) is 2. The number of ether oxygens (including phenoxy) is 5. The van der Waals surface area contributed by atoms with E-state index >= 15 is 8.42 Å². The van der Waals surface area contributed by atoms with Crippen molar-refractivity contribution in [3.05, 3.63) is 93.7 Å². The predicted octanol–water partition coefficient (Wildman–Crippen LogP) is 6.65. The van der Waals surface area contributed by atoms with Gasteiger partial charge in [0.1, 0.15) is 28.9 Å². The van der Waals surface area contributed by atoms with Crippen LogP contribution in [0.2, 0.25) is 0 Å². The molecule has 74 heavy (non-hydrogen) atoms. The van der Waals surface area contributed by atoms with Gasteiger partial charge >= 0.3 is 0 Å². The molecule has 0 bridgehead atoms. The van der Waals surface area contributed by atoms with Gasteiger partial charge in [-0.3, -0.25) is 24.7 Å². The molecule has 1 spiro atoms. The van der Waals surface area contributed by atoms with E-state index in [4.69, 9.17) is 34.4 Å². The smallest absolute Gasteiger partial charge is 0.297 e. The van der Waals surface area contributed by atoms with Gasteiger partial charge in [-0.05, 0) is 106 Å². The Kier molecular flexibility index (Phi) is 11.8. The number of piperidine rings is 1. The van der Waals surface area contributed by atoms with Gasteiger partial charge in [-0.2, -0.15) is 4.98 Å². The third-order valence-electron chi connectivity index (χ3n) is 17.7. The molecule has 3 aromatic carbocycles. The number of nitrogens with two attached hydrogens (primary N) is 1. The fourth-order valence-electron chi connectivity index (χ4n) is 13.6.